The molecule has 0 saturated heterocycles. The number of nitrogens with zero attached hydrogens (tertiary/aromatic N) is 3. The number of hydrogen-bond donors (Lipinski definition) is 1. The van der Waals surface area contributed by atoms with E-state index in [2.05, 4.69) is 10.1 Å². The van der Waals surface area contributed by atoms with Crippen LogP contribution in [0, 0.1) is 6.92 Å². The van der Waals surface area contributed by atoms with Gasteiger partial charge in [-0.25, -0.2) is 9.78 Å². The summed E-state index contributed by atoms with van der Waals surface area (Å²) in [6.45, 7) is 3.48. The normalized spacial score (nSPS) is 10.9. The number of hydrogen-bond acceptors (Lipinski definition) is 7. The molecule has 8 heteroatoms. The quantitative estimate of drug-likeness (QED) is 0.728. The van der Waals surface area contributed by atoms with E-state index in [0.717, 1.165) is 5.01 Å². The van der Waals surface area contributed by atoms with Crippen LogP contribution in [0.2, 0.25) is 0 Å². The molecule has 0 spiro atoms. The van der Waals surface area contributed by atoms with Crippen LogP contribution < -0.4 is 5.56 Å². The van der Waals surface area contributed by atoms with E-state index in [1.807, 2.05) is 6.92 Å². The topological polar surface area (TPSA) is 93.8 Å². The predicted molar refractivity (Wildman–Crippen MR) is 88.5 cm³/mol. The third-order valence-corrected chi connectivity index (χ3v) is 4.50. The molecule has 0 radical (unpaired) electrons. The number of aromatic nitrogens is 3. The Labute approximate surface area is 141 Å². The van der Waals surface area contributed by atoms with E-state index in [-0.39, 0.29) is 23.5 Å². The van der Waals surface area contributed by atoms with Crippen molar-refractivity contribution in [2.45, 2.75) is 26.9 Å². The van der Waals surface area contributed by atoms with Crippen molar-refractivity contribution in [1.82, 2.24) is 14.6 Å². The average Bonchev–Trinajstić information content (AvgIpc) is 2.99. The fraction of sp³-hybridized carbons (Fsp3) is 0.250. The van der Waals surface area contributed by atoms with Crippen LogP contribution in [0.4, 0.5) is 0 Å². The molecule has 124 valence electrons. The number of phenolic OH excluding ortho intramolecular Hbond substituents is 1. The molecule has 7 nitrogen and oxygen atoms in total. The Balaban J connectivity index is 1.81. The van der Waals surface area contributed by atoms with E-state index in [9.17, 15) is 14.7 Å². The van der Waals surface area contributed by atoms with Crippen molar-refractivity contribution in [3.63, 3.8) is 0 Å². The Morgan fingerprint density at radius 3 is 2.96 bits per heavy atom. The van der Waals surface area contributed by atoms with E-state index in [1.165, 1.54) is 28.0 Å². The molecular formula is C16H15N3O4S. The highest BCUT2D eigenvalue weighted by Crippen LogP contribution is 2.22. The molecule has 0 amide bonds. The molecule has 3 rings (SSSR count). The van der Waals surface area contributed by atoms with Crippen LogP contribution in [-0.2, 0) is 17.8 Å². The first-order valence-electron chi connectivity index (χ1n) is 7.34. The number of phenols is 1. The molecule has 0 fully saturated rings. The Bertz CT molecular complexity index is 977. The number of benzene rings is 1. The lowest BCUT2D eigenvalue weighted by atomic mass is 10.1. The molecule has 3 aromatic rings. The van der Waals surface area contributed by atoms with Crippen LogP contribution in [0.3, 0.4) is 0 Å². The van der Waals surface area contributed by atoms with Gasteiger partial charge in [0.2, 0.25) is 4.96 Å². The highest BCUT2D eigenvalue weighted by Gasteiger charge is 2.15. The molecule has 2 heterocycles. The third kappa shape index (κ3) is 3.00. The van der Waals surface area contributed by atoms with E-state index in [0.29, 0.717) is 22.6 Å². The lowest BCUT2D eigenvalue weighted by Gasteiger charge is -2.07. The maximum atomic E-state index is 12.1. The summed E-state index contributed by atoms with van der Waals surface area (Å²) in [5, 5.41) is 14.9. The van der Waals surface area contributed by atoms with E-state index >= 15 is 0 Å². The molecule has 0 aliphatic heterocycles. The molecule has 24 heavy (non-hydrogen) atoms. The Kier molecular flexibility index (Phi) is 4.30. The van der Waals surface area contributed by atoms with Gasteiger partial charge in [-0.3, -0.25) is 4.79 Å². The van der Waals surface area contributed by atoms with Gasteiger partial charge < -0.3 is 9.84 Å². The van der Waals surface area contributed by atoms with Crippen molar-refractivity contribution < 1.29 is 14.6 Å². The largest absolute Gasteiger partial charge is 0.507 e. The minimum atomic E-state index is -0.670. The molecule has 0 atom stereocenters. The number of aromatic hydroxyl groups is 1. The van der Waals surface area contributed by atoms with Gasteiger partial charge in [-0.2, -0.15) is 9.61 Å². The van der Waals surface area contributed by atoms with Gasteiger partial charge in [0.05, 0.1) is 5.69 Å². The maximum Gasteiger partial charge on any atom is 0.342 e. The molecular weight excluding hydrogens is 330 g/mol. The average molecular weight is 345 g/mol. The number of esters is 1. The van der Waals surface area contributed by atoms with E-state index in [1.54, 1.807) is 19.1 Å². The Hall–Kier alpha value is -2.74. The van der Waals surface area contributed by atoms with Crippen LogP contribution in [0.1, 0.15) is 33.5 Å². The summed E-state index contributed by atoms with van der Waals surface area (Å²) in [7, 11) is 0. The second kappa shape index (κ2) is 6.40. The van der Waals surface area contributed by atoms with E-state index < -0.39 is 5.97 Å². The van der Waals surface area contributed by atoms with Gasteiger partial charge >= 0.3 is 5.97 Å². The first-order valence-corrected chi connectivity index (χ1v) is 8.15. The monoisotopic (exact) mass is 345 g/mol. The fourth-order valence-corrected chi connectivity index (χ4v) is 3.01. The zero-order valence-electron chi connectivity index (χ0n) is 13.1. The molecule has 1 N–H and O–H groups in total. The number of aryl methyl sites for hydroxylation is 2. The molecule has 0 saturated carbocycles. The summed E-state index contributed by atoms with van der Waals surface area (Å²) >= 11 is 1.32. The van der Waals surface area contributed by atoms with Crippen molar-refractivity contribution in [2.24, 2.45) is 0 Å². The Morgan fingerprint density at radius 2 is 2.21 bits per heavy atom. The summed E-state index contributed by atoms with van der Waals surface area (Å²) in [5.74, 6) is -0.780. The van der Waals surface area contributed by atoms with Crippen LogP contribution in [0.5, 0.6) is 5.75 Å². The van der Waals surface area contributed by atoms with Gasteiger partial charge in [0.15, 0.2) is 0 Å². The van der Waals surface area contributed by atoms with Gasteiger partial charge in [0.1, 0.15) is 22.9 Å². The number of carbonyl (C=O) groups is 1. The zero-order chi connectivity index (χ0) is 17.3. The van der Waals surface area contributed by atoms with E-state index in [4.69, 9.17) is 4.74 Å². The maximum absolute atomic E-state index is 12.1. The highest BCUT2D eigenvalue weighted by molar-refractivity contribution is 7.16. The smallest absolute Gasteiger partial charge is 0.342 e. The van der Waals surface area contributed by atoms with Gasteiger partial charge in [0.25, 0.3) is 5.56 Å². The summed E-state index contributed by atoms with van der Waals surface area (Å²) in [6, 6.07) is 6.12. The molecule has 0 aliphatic carbocycles. The third-order valence-electron chi connectivity index (χ3n) is 3.45. The number of rotatable bonds is 4. The zero-order valence-corrected chi connectivity index (χ0v) is 14.0. The number of para-hydroxylation sites is 1. The SMILES string of the molecule is CCc1nn2c(=O)cc(COC(=O)c3cccc(C)c3O)nc2s1. The van der Waals surface area contributed by atoms with Crippen LogP contribution in [0.15, 0.2) is 29.1 Å². The van der Waals surface area contributed by atoms with Gasteiger partial charge in [-0.1, -0.05) is 30.4 Å². The standard InChI is InChI=1S/C16H15N3O4S/c1-3-12-18-19-13(20)7-10(17-16(19)24-12)8-23-15(22)11-6-4-5-9(2)14(11)21/h4-7,21H,3,8H2,1-2H3. The van der Waals surface area contributed by atoms with Crippen molar-refractivity contribution in [2.75, 3.05) is 0 Å². The second-order valence-electron chi connectivity index (χ2n) is 5.18. The van der Waals surface area contributed by atoms with Gasteiger partial charge in [-0.05, 0) is 25.0 Å². The van der Waals surface area contributed by atoms with Crippen molar-refractivity contribution in [3.8, 4) is 5.75 Å². The van der Waals surface area contributed by atoms with Crippen molar-refractivity contribution in [3.05, 3.63) is 56.4 Å². The minimum Gasteiger partial charge on any atom is -0.507 e. The first-order chi connectivity index (χ1) is 11.5. The van der Waals surface area contributed by atoms with Crippen LogP contribution in [0.25, 0.3) is 4.96 Å². The number of carbonyl (C=O) groups excluding carboxylic acids is 1. The lowest BCUT2D eigenvalue weighted by molar-refractivity contribution is 0.0464. The summed E-state index contributed by atoms with van der Waals surface area (Å²) in [6.07, 6.45) is 0.713. The predicted octanol–water partition coefficient (Wildman–Crippen LogP) is 2.08. The number of ether oxygens (including phenoxy) is 1. The summed E-state index contributed by atoms with van der Waals surface area (Å²) in [4.78, 5) is 28.9. The van der Waals surface area contributed by atoms with Gasteiger partial charge in [-0.15, -0.1) is 0 Å². The molecule has 1 aromatic carbocycles. The van der Waals surface area contributed by atoms with Crippen LogP contribution in [-0.4, -0.2) is 25.7 Å². The highest BCUT2D eigenvalue weighted by atomic mass is 32.1. The van der Waals surface area contributed by atoms with Crippen molar-refractivity contribution in [1.29, 1.82) is 0 Å². The molecule has 0 aliphatic rings. The first kappa shape index (κ1) is 16.1. The summed E-state index contributed by atoms with van der Waals surface area (Å²) < 4.78 is 6.40. The summed E-state index contributed by atoms with van der Waals surface area (Å²) in [5.41, 5.74) is 0.685. The molecule has 0 bridgehead atoms. The Morgan fingerprint density at radius 1 is 1.42 bits per heavy atom. The fourth-order valence-electron chi connectivity index (χ4n) is 2.15. The lowest BCUT2D eigenvalue weighted by Crippen LogP contribution is -2.16. The van der Waals surface area contributed by atoms with Gasteiger partial charge in [0, 0.05) is 6.07 Å². The molecule has 0 unspecified atom stereocenters. The number of fused-ring (bicyclic) bond motifs is 1. The minimum absolute atomic E-state index is 0.0823. The molecule has 2 aromatic heterocycles. The van der Waals surface area contributed by atoms with Crippen LogP contribution >= 0.6 is 11.3 Å². The second-order valence-corrected chi connectivity index (χ2v) is 6.22. The van der Waals surface area contributed by atoms with Crippen molar-refractivity contribution >= 4 is 22.3 Å².